The van der Waals surface area contributed by atoms with Crippen LogP contribution in [0.2, 0.25) is 10.0 Å². The molecule has 0 heterocycles. The van der Waals surface area contributed by atoms with Crippen LogP contribution in [0.4, 0.5) is 4.39 Å². The van der Waals surface area contributed by atoms with Gasteiger partial charge in [-0.25, -0.2) is 4.39 Å². The van der Waals surface area contributed by atoms with E-state index >= 15 is 0 Å². The summed E-state index contributed by atoms with van der Waals surface area (Å²) in [7, 11) is 0. The van der Waals surface area contributed by atoms with Crippen LogP contribution in [0.15, 0.2) is 42.5 Å². The average molecular weight is 356 g/mol. The van der Waals surface area contributed by atoms with E-state index in [1.807, 2.05) is 0 Å². The third kappa shape index (κ3) is 6.08. The molecule has 6 heteroatoms. The second-order valence-electron chi connectivity index (χ2n) is 4.93. The SMILES string of the molecule is O=C(CCCOc1ccc(Cl)cc1Cl)NCc1ccc(F)cc1. The summed E-state index contributed by atoms with van der Waals surface area (Å²) < 4.78 is 18.3. The van der Waals surface area contributed by atoms with E-state index in [0.29, 0.717) is 41.8 Å². The summed E-state index contributed by atoms with van der Waals surface area (Å²) in [5.41, 5.74) is 0.851. The van der Waals surface area contributed by atoms with Gasteiger partial charge < -0.3 is 10.1 Å². The fourth-order valence-electron chi connectivity index (χ4n) is 1.90. The van der Waals surface area contributed by atoms with E-state index < -0.39 is 0 Å². The first-order valence-corrected chi connectivity index (χ1v) is 7.89. The van der Waals surface area contributed by atoms with Gasteiger partial charge in [0, 0.05) is 18.0 Å². The smallest absolute Gasteiger partial charge is 0.220 e. The summed E-state index contributed by atoms with van der Waals surface area (Å²) >= 11 is 11.8. The van der Waals surface area contributed by atoms with Crippen LogP contribution in [0.25, 0.3) is 0 Å². The molecule has 0 aromatic heterocycles. The second kappa shape index (κ2) is 8.75. The lowest BCUT2D eigenvalue weighted by atomic mass is 10.2. The quantitative estimate of drug-likeness (QED) is 0.736. The second-order valence-corrected chi connectivity index (χ2v) is 5.77. The molecule has 0 aliphatic rings. The molecule has 2 rings (SSSR count). The molecule has 0 spiro atoms. The van der Waals surface area contributed by atoms with Crippen LogP contribution in [-0.4, -0.2) is 12.5 Å². The number of hydrogen-bond donors (Lipinski definition) is 1. The number of amides is 1. The maximum absolute atomic E-state index is 12.8. The van der Waals surface area contributed by atoms with Crippen molar-refractivity contribution in [2.24, 2.45) is 0 Å². The van der Waals surface area contributed by atoms with E-state index in [4.69, 9.17) is 27.9 Å². The van der Waals surface area contributed by atoms with Crippen LogP contribution in [0.1, 0.15) is 18.4 Å². The lowest BCUT2D eigenvalue weighted by Crippen LogP contribution is -2.22. The first-order chi connectivity index (χ1) is 11.0. The van der Waals surface area contributed by atoms with E-state index in [9.17, 15) is 9.18 Å². The van der Waals surface area contributed by atoms with Crippen LogP contribution in [-0.2, 0) is 11.3 Å². The molecule has 0 aliphatic carbocycles. The van der Waals surface area contributed by atoms with Gasteiger partial charge in [0.15, 0.2) is 0 Å². The molecule has 0 saturated carbocycles. The van der Waals surface area contributed by atoms with Gasteiger partial charge in [0.1, 0.15) is 11.6 Å². The van der Waals surface area contributed by atoms with E-state index in [2.05, 4.69) is 5.32 Å². The molecular weight excluding hydrogens is 340 g/mol. The minimum absolute atomic E-state index is 0.0832. The van der Waals surface area contributed by atoms with Gasteiger partial charge in [0.25, 0.3) is 0 Å². The molecule has 0 atom stereocenters. The lowest BCUT2D eigenvalue weighted by molar-refractivity contribution is -0.121. The Hall–Kier alpha value is -1.78. The largest absolute Gasteiger partial charge is 0.492 e. The van der Waals surface area contributed by atoms with Gasteiger partial charge in [-0.1, -0.05) is 35.3 Å². The molecule has 0 fully saturated rings. The van der Waals surface area contributed by atoms with Crippen LogP contribution in [0, 0.1) is 5.82 Å². The minimum Gasteiger partial charge on any atom is -0.492 e. The molecular formula is C17H16Cl2FNO2. The lowest BCUT2D eigenvalue weighted by Gasteiger charge is -2.08. The monoisotopic (exact) mass is 355 g/mol. The van der Waals surface area contributed by atoms with E-state index in [1.54, 1.807) is 30.3 Å². The molecule has 0 saturated heterocycles. The van der Waals surface area contributed by atoms with Gasteiger partial charge in [-0.15, -0.1) is 0 Å². The third-order valence-electron chi connectivity index (χ3n) is 3.10. The van der Waals surface area contributed by atoms with E-state index in [0.717, 1.165) is 5.56 Å². The molecule has 1 N–H and O–H groups in total. The van der Waals surface area contributed by atoms with Crippen molar-refractivity contribution < 1.29 is 13.9 Å². The summed E-state index contributed by atoms with van der Waals surface area (Å²) in [5.74, 6) is 0.168. The van der Waals surface area contributed by atoms with E-state index in [1.165, 1.54) is 12.1 Å². The van der Waals surface area contributed by atoms with Crippen molar-refractivity contribution in [3.63, 3.8) is 0 Å². The summed E-state index contributed by atoms with van der Waals surface area (Å²) in [5, 5.41) is 3.76. The Bertz CT molecular complexity index is 662. The van der Waals surface area contributed by atoms with Gasteiger partial charge in [0.05, 0.1) is 11.6 Å². The van der Waals surface area contributed by atoms with Gasteiger partial charge in [-0.2, -0.15) is 0 Å². The summed E-state index contributed by atoms with van der Waals surface area (Å²) in [6.07, 6.45) is 0.903. The average Bonchev–Trinajstić information content (AvgIpc) is 2.52. The maximum Gasteiger partial charge on any atom is 0.220 e. The first kappa shape index (κ1) is 17.6. The zero-order chi connectivity index (χ0) is 16.7. The topological polar surface area (TPSA) is 38.3 Å². The summed E-state index contributed by atoms with van der Waals surface area (Å²) in [6.45, 7) is 0.758. The zero-order valence-corrected chi connectivity index (χ0v) is 13.8. The highest BCUT2D eigenvalue weighted by atomic mass is 35.5. The summed E-state index contributed by atoms with van der Waals surface area (Å²) in [6, 6.07) is 11.0. The minimum atomic E-state index is -0.293. The van der Waals surface area contributed by atoms with Crippen LogP contribution in [0.5, 0.6) is 5.75 Å². The van der Waals surface area contributed by atoms with Crippen molar-refractivity contribution in [2.75, 3.05) is 6.61 Å². The van der Waals surface area contributed by atoms with Gasteiger partial charge >= 0.3 is 0 Å². The maximum atomic E-state index is 12.8. The Morgan fingerprint density at radius 3 is 2.57 bits per heavy atom. The standard InChI is InChI=1S/C17H16Cl2FNO2/c18-13-5-8-16(15(19)10-13)23-9-1-2-17(22)21-11-12-3-6-14(20)7-4-12/h3-8,10H,1-2,9,11H2,(H,21,22). The highest BCUT2D eigenvalue weighted by molar-refractivity contribution is 6.35. The third-order valence-corrected chi connectivity index (χ3v) is 3.63. The molecule has 122 valence electrons. The molecule has 1 amide bonds. The number of carbonyl (C=O) groups excluding carboxylic acids is 1. The molecule has 0 bridgehead atoms. The highest BCUT2D eigenvalue weighted by Crippen LogP contribution is 2.27. The van der Waals surface area contributed by atoms with Crippen LogP contribution >= 0.6 is 23.2 Å². The predicted molar refractivity (Wildman–Crippen MR) is 89.4 cm³/mol. The predicted octanol–water partition coefficient (Wildman–Crippen LogP) is 4.61. The number of nitrogens with one attached hydrogen (secondary N) is 1. The van der Waals surface area contributed by atoms with Crippen molar-refractivity contribution in [1.82, 2.24) is 5.32 Å². The zero-order valence-electron chi connectivity index (χ0n) is 12.3. The Morgan fingerprint density at radius 2 is 1.87 bits per heavy atom. The van der Waals surface area contributed by atoms with Gasteiger partial charge in [-0.3, -0.25) is 4.79 Å². The fraction of sp³-hybridized carbons (Fsp3) is 0.235. The molecule has 0 aliphatic heterocycles. The Balaban J connectivity index is 1.65. The number of ether oxygens (including phenoxy) is 1. The highest BCUT2D eigenvalue weighted by Gasteiger charge is 2.04. The van der Waals surface area contributed by atoms with Crippen molar-refractivity contribution >= 4 is 29.1 Å². The Labute approximate surface area is 144 Å². The van der Waals surface area contributed by atoms with Crippen LogP contribution in [0.3, 0.4) is 0 Å². The van der Waals surface area contributed by atoms with Crippen molar-refractivity contribution in [1.29, 1.82) is 0 Å². The first-order valence-electron chi connectivity index (χ1n) is 7.13. The normalized spacial score (nSPS) is 10.4. The number of benzene rings is 2. The number of halogens is 3. The fourth-order valence-corrected chi connectivity index (χ4v) is 2.36. The Morgan fingerprint density at radius 1 is 1.13 bits per heavy atom. The van der Waals surface area contributed by atoms with Gasteiger partial charge in [0.2, 0.25) is 5.91 Å². The molecule has 3 nitrogen and oxygen atoms in total. The van der Waals surface area contributed by atoms with Crippen molar-refractivity contribution in [3.05, 3.63) is 63.9 Å². The van der Waals surface area contributed by atoms with Gasteiger partial charge in [-0.05, 0) is 42.3 Å². The molecule has 2 aromatic rings. The van der Waals surface area contributed by atoms with Crippen molar-refractivity contribution in [2.45, 2.75) is 19.4 Å². The van der Waals surface area contributed by atoms with Crippen molar-refractivity contribution in [3.8, 4) is 5.75 Å². The molecule has 2 aromatic carbocycles. The summed E-state index contributed by atoms with van der Waals surface area (Å²) in [4.78, 5) is 11.7. The van der Waals surface area contributed by atoms with E-state index in [-0.39, 0.29) is 11.7 Å². The molecule has 0 radical (unpaired) electrons. The number of hydrogen-bond acceptors (Lipinski definition) is 2. The number of carbonyl (C=O) groups is 1. The number of rotatable bonds is 7. The van der Waals surface area contributed by atoms with Crippen LogP contribution < -0.4 is 10.1 Å². The molecule has 0 unspecified atom stereocenters. The molecule has 23 heavy (non-hydrogen) atoms. The Kier molecular flexibility index (Phi) is 6.68.